The van der Waals surface area contributed by atoms with Crippen LogP contribution in [0.5, 0.6) is 5.75 Å². The highest BCUT2D eigenvalue weighted by molar-refractivity contribution is 7.89. The highest BCUT2D eigenvalue weighted by Crippen LogP contribution is 2.33. The number of alkyl halides is 3. The average molecular weight is 356 g/mol. The van der Waals surface area contributed by atoms with Crippen LogP contribution in [0.25, 0.3) is 0 Å². The van der Waals surface area contributed by atoms with Gasteiger partial charge < -0.3 is 4.74 Å². The highest BCUT2D eigenvalue weighted by atomic mass is 32.2. The van der Waals surface area contributed by atoms with Crippen molar-refractivity contribution in [1.29, 1.82) is 0 Å². The summed E-state index contributed by atoms with van der Waals surface area (Å²) in [7, 11) is -3.95. The van der Waals surface area contributed by atoms with Crippen molar-refractivity contribution in [3.63, 3.8) is 0 Å². The molecule has 0 saturated heterocycles. The topological polar surface area (TPSA) is 55.4 Å². The van der Waals surface area contributed by atoms with Crippen molar-refractivity contribution in [2.45, 2.75) is 23.5 Å². The molecule has 0 saturated carbocycles. The van der Waals surface area contributed by atoms with Gasteiger partial charge in [0.05, 0.1) is 23.1 Å². The van der Waals surface area contributed by atoms with Gasteiger partial charge in [0.25, 0.3) is 0 Å². The lowest BCUT2D eigenvalue weighted by Gasteiger charge is -2.26. The van der Waals surface area contributed by atoms with Gasteiger partial charge in [-0.1, -0.05) is 12.1 Å². The standard InChI is InChI=1S/C16H13F3NO3S/c17-16(18,19)11-5-7-12(8-6-11)24(21,22)20-14-9-10-23-15-4-2-1-3-13(14)15/h1,3-8,14,20H,9-10H2. The molecule has 1 N–H and O–H groups in total. The molecular formula is C16H13F3NO3S. The second-order valence-electron chi connectivity index (χ2n) is 5.30. The van der Waals surface area contributed by atoms with Gasteiger partial charge in [-0.3, -0.25) is 0 Å². The zero-order valence-corrected chi connectivity index (χ0v) is 13.1. The third-order valence-electron chi connectivity index (χ3n) is 3.69. The van der Waals surface area contributed by atoms with E-state index in [1.165, 1.54) is 0 Å². The molecule has 24 heavy (non-hydrogen) atoms. The van der Waals surface area contributed by atoms with Gasteiger partial charge in [-0.15, -0.1) is 0 Å². The van der Waals surface area contributed by atoms with E-state index in [-0.39, 0.29) is 4.90 Å². The van der Waals surface area contributed by atoms with Crippen LogP contribution in [0.2, 0.25) is 0 Å². The molecule has 3 rings (SSSR count). The molecule has 1 unspecified atom stereocenters. The first-order valence-corrected chi connectivity index (χ1v) is 8.58. The highest BCUT2D eigenvalue weighted by Gasteiger charge is 2.31. The van der Waals surface area contributed by atoms with Crippen LogP contribution < -0.4 is 9.46 Å². The maximum Gasteiger partial charge on any atom is 0.416 e. The first kappa shape index (κ1) is 16.8. The molecule has 0 fully saturated rings. The third-order valence-corrected chi connectivity index (χ3v) is 5.17. The minimum absolute atomic E-state index is 0.217. The largest absolute Gasteiger partial charge is 0.493 e. The van der Waals surface area contributed by atoms with Crippen molar-refractivity contribution in [2.75, 3.05) is 6.61 Å². The van der Waals surface area contributed by atoms with Gasteiger partial charge in [0.15, 0.2) is 0 Å². The molecule has 1 radical (unpaired) electrons. The molecule has 0 aromatic heterocycles. The Kier molecular flexibility index (Phi) is 4.27. The smallest absolute Gasteiger partial charge is 0.416 e. The monoisotopic (exact) mass is 356 g/mol. The number of fused-ring (bicyclic) bond motifs is 1. The van der Waals surface area contributed by atoms with E-state index >= 15 is 0 Å². The summed E-state index contributed by atoms with van der Waals surface area (Å²) < 4.78 is 70.5. The summed E-state index contributed by atoms with van der Waals surface area (Å²) in [6, 6.07) is 10.7. The Morgan fingerprint density at radius 1 is 1.17 bits per heavy atom. The number of nitrogens with one attached hydrogen (secondary N) is 1. The Morgan fingerprint density at radius 2 is 1.88 bits per heavy atom. The van der Waals surface area contributed by atoms with Crippen LogP contribution in [0.1, 0.15) is 23.6 Å². The average Bonchev–Trinajstić information content (AvgIpc) is 2.54. The van der Waals surface area contributed by atoms with E-state index in [0.717, 1.165) is 24.3 Å². The summed E-state index contributed by atoms with van der Waals surface area (Å²) >= 11 is 0. The molecule has 4 nitrogen and oxygen atoms in total. The van der Waals surface area contributed by atoms with Crippen LogP contribution in [0.15, 0.2) is 47.4 Å². The molecule has 1 aliphatic rings. The Labute approximate surface area is 137 Å². The molecule has 1 heterocycles. The van der Waals surface area contributed by atoms with Crippen LogP contribution >= 0.6 is 0 Å². The van der Waals surface area contributed by atoms with Crippen LogP contribution in [0.3, 0.4) is 0 Å². The lowest BCUT2D eigenvalue weighted by Crippen LogP contribution is -2.32. The quantitative estimate of drug-likeness (QED) is 0.918. The lowest BCUT2D eigenvalue weighted by atomic mass is 10.0. The van der Waals surface area contributed by atoms with Gasteiger partial charge in [-0.2, -0.15) is 13.2 Å². The molecule has 1 aliphatic heterocycles. The van der Waals surface area contributed by atoms with Crippen molar-refractivity contribution >= 4 is 10.0 Å². The number of ether oxygens (including phenoxy) is 1. The molecule has 0 bridgehead atoms. The van der Waals surface area contributed by atoms with E-state index in [1.54, 1.807) is 18.2 Å². The predicted octanol–water partition coefficient (Wildman–Crippen LogP) is 3.31. The van der Waals surface area contributed by atoms with E-state index in [2.05, 4.69) is 10.8 Å². The molecule has 1 atom stereocenters. The number of hydrogen-bond donors (Lipinski definition) is 1. The molecule has 0 aliphatic carbocycles. The maximum absolute atomic E-state index is 12.6. The fourth-order valence-electron chi connectivity index (χ4n) is 2.48. The molecule has 0 amide bonds. The fourth-order valence-corrected chi connectivity index (χ4v) is 3.73. The molecular weight excluding hydrogens is 343 g/mol. The maximum atomic E-state index is 12.6. The van der Waals surface area contributed by atoms with E-state index in [1.807, 2.05) is 0 Å². The van der Waals surface area contributed by atoms with E-state index in [0.29, 0.717) is 24.3 Å². The fraction of sp³-hybridized carbons (Fsp3) is 0.250. The van der Waals surface area contributed by atoms with Gasteiger partial charge in [-0.25, -0.2) is 13.1 Å². The van der Waals surface area contributed by atoms with Crippen LogP contribution in [-0.4, -0.2) is 15.0 Å². The minimum atomic E-state index is -4.51. The van der Waals surface area contributed by atoms with Crippen LogP contribution in [0, 0.1) is 6.07 Å². The number of sulfonamides is 1. The predicted molar refractivity (Wildman–Crippen MR) is 79.9 cm³/mol. The summed E-state index contributed by atoms with van der Waals surface area (Å²) in [6.07, 6.45) is -4.08. The van der Waals surface area contributed by atoms with E-state index < -0.39 is 27.8 Å². The number of benzene rings is 2. The zero-order chi connectivity index (χ0) is 17.4. The normalized spacial score (nSPS) is 17.9. The van der Waals surface area contributed by atoms with Crippen molar-refractivity contribution in [2.24, 2.45) is 0 Å². The van der Waals surface area contributed by atoms with Gasteiger partial charge >= 0.3 is 6.18 Å². The molecule has 0 spiro atoms. The first-order chi connectivity index (χ1) is 11.3. The van der Waals surface area contributed by atoms with Gasteiger partial charge in [0.1, 0.15) is 5.75 Å². The lowest BCUT2D eigenvalue weighted by molar-refractivity contribution is -0.137. The van der Waals surface area contributed by atoms with E-state index in [9.17, 15) is 21.6 Å². The summed E-state index contributed by atoms with van der Waals surface area (Å²) in [5.74, 6) is 0.545. The Bertz CT molecular complexity index is 832. The SMILES string of the molecule is O=S(=O)(NC1CCOc2c[c]ccc21)c1ccc(C(F)(F)F)cc1. The summed E-state index contributed by atoms with van der Waals surface area (Å²) in [4.78, 5) is -0.217. The summed E-state index contributed by atoms with van der Waals surface area (Å²) in [5.41, 5.74) is -0.219. The van der Waals surface area contributed by atoms with Gasteiger partial charge in [0, 0.05) is 12.0 Å². The second-order valence-corrected chi connectivity index (χ2v) is 7.01. The molecule has 127 valence electrons. The first-order valence-electron chi connectivity index (χ1n) is 7.10. The van der Waals surface area contributed by atoms with E-state index in [4.69, 9.17) is 4.74 Å². The van der Waals surface area contributed by atoms with Crippen LogP contribution in [0.4, 0.5) is 13.2 Å². The number of halogens is 3. The Balaban J connectivity index is 1.85. The number of rotatable bonds is 3. The van der Waals surface area contributed by atoms with Gasteiger partial charge in [0.2, 0.25) is 10.0 Å². The van der Waals surface area contributed by atoms with Gasteiger partial charge in [-0.05, 0) is 36.4 Å². The molecule has 2 aromatic carbocycles. The van der Waals surface area contributed by atoms with Crippen molar-refractivity contribution in [1.82, 2.24) is 4.72 Å². The third kappa shape index (κ3) is 3.39. The Morgan fingerprint density at radius 3 is 2.54 bits per heavy atom. The van der Waals surface area contributed by atoms with Crippen molar-refractivity contribution < 1.29 is 26.3 Å². The van der Waals surface area contributed by atoms with Crippen molar-refractivity contribution in [3.05, 3.63) is 59.7 Å². The zero-order valence-electron chi connectivity index (χ0n) is 12.3. The van der Waals surface area contributed by atoms with Crippen molar-refractivity contribution in [3.8, 4) is 5.75 Å². The Hall–Kier alpha value is -2.06. The summed E-state index contributed by atoms with van der Waals surface area (Å²) in [5, 5.41) is 0. The molecule has 8 heteroatoms. The second kappa shape index (κ2) is 6.10. The number of hydrogen-bond acceptors (Lipinski definition) is 3. The minimum Gasteiger partial charge on any atom is -0.493 e. The molecule has 2 aromatic rings. The van der Waals surface area contributed by atoms with Crippen LogP contribution in [-0.2, 0) is 16.2 Å². The summed E-state index contributed by atoms with van der Waals surface area (Å²) in [6.45, 7) is 0.338.